The van der Waals surface area contributed by atoms with E-state index in [1.54, 1.807) is 13.8 Å². The summed E-state index contributed by atoms with van der Waals surface area (Å²) < 4.78 is 20.8. The number of benzene rings is 1. The lowest BCUT2D eigenvalue weighted by atomic mass is 9.95. The number of carbonyl (C=O) groups is 1. The SMILES string of the molecule is COC(=O)C(C)(C)COCc1ccc2c(c1)OCO2. The summed E-state index contributed by atoms with van der Waals surface area (Å²) in [6.07, 6.45) is 0. The van der Waals surface area contributed by atoms with Gasteiger partial charge in [0.05, 0.1) is 25.7 Å². The fourth-order valence-corrected chi connectivity index (χ4v) is 1.79. The molecule has 5 nitrogen and oxygen atoms in total. The van der Waals surface area contributed by atoms with Crippen LogP contribution in [0.1, 0.15) is 19.4 Å². The van der Waals surface area contributed by atoms with Crippen LogP contribution in [0.25, 0.3) is 0 Å². The molecule has 0 fully saturated rings. The molecule has 1 aromatic rings. The second kappa shape index (κ2) is 5.48. The Morgan fingerprint density at radius 2 is 2.05 bits per heavy atom. The van der Waals surface area contributed by atoms with Crippen LogP contribution in [0.3, 0.4) is 0 Å². The molecular formula is C14H18O5. The molecule has 0 N–H and O–H groups in total. The molecule has 1 aromatic carbocycles. The van der Waals surface area contributed by atoms with Crippen LogP contribution in [0.5, 0.6) is 11.5 Å². The minimum absolute atomic E-state index is 0.259. The van der Waals surface area contributed by atoms with Gasteiger partial charge < -0.3 is 18.9 Å². The average molecular weight is 266 g/mol. The van der Waals surface area contributed by atoms with Gasteiger partial charge in [0, 0.05) is 0 Å². The normalized spacial score (nSPS) is 13.4. The number of fused-ring (bicyclic) bond motifs is 1. The van der Waals surface area contributed by atoms with Crippen molar-refractivity contribution in [2.45, 2.75) is 20.5 Å². The molecule has 1 heterocycles. The fourth-order valence-electron chi connectivity index (χ4n) is 1.79. The van der Waals surface area contributed by atoms with E-state index < -0.39 is 5.41 Å². The smallest absolute Gasteiger partial charge is 0.313 e. The fraction of sp³-hybridized carbons (Fsp3) is 0.500. The molecule has 0 aliphatic carbocycles. The lowest BCUT2D eigenvalue weighted by Crippen LogP contribution is -2.30. The van der Waals surface area contributed by atoms with Crippen molar-refractivity contribution in [1.29, 1.82) is 0 Å². The highest BCUT2D eigenvalue weighted by molar-refractivity contribution is 5.75. The first-order valence-corrected chi connectivity index (χ1v) is 6.07. The van der Waals surface area contributed by atoms with E-state index in [4.69, 9.17) is 18.9 Å². The first-order chi connectivity index (χ1) is 9.03. The zero-order valence-corrected chi connectivity index (χ0v) is 11.4. The van der Waals surface area contributed by atoms with Gasteiger partial charge in [0.1, 0.15) is 0 Å². The van der Waals surface area contributed by atoms with Crippen LogP contribution in [-0.2, 0) is 20.9 Å². The van der Waals surface area contributed by atoms with Crippen molar-refractivity contribution in [2.24, 2.45) is 5.41 Å². The highest BCUT2D eigenvalue weighted by Gasteiger charge is 2.29. The van der Waals surface area contributed by atoms with Gasteiger partial charge in [-0.25, -0.2) is 0 Å². The molecule has 0 aromatic heterocycles. The summed E-state index contributed by atoms with van der Waals surface area (Å²) in [4.78, 5) is 11.5. The maximum absolute atomic E-state index is 11.5. The summed E-state index contributed by atoms with van der Waals surface area (Å²) in [7, 11) is 1.38. The van der Waals surface area contributed by atoms with Gasteiger partial charge in [-0.3, -0.25) is 4.79 Å². The molecule has 0 bridgehead atoms. The van der Waals surface area contributed by atoms with Crippen LogP contribution in [0.2, 0.25) is 0 Å². The summed E-state index contributed by atoms with van der Waals surface area (Å²) in [6, 6.07) is 5.65. The van der Waals surface area contributed by atoms with Crippen molar-refractivity contribution < 1.29 is 23.7 Å². The molecule has 19 heavy (non-hydrogen) atoms. The van der Waals surface area contributed by atoms with Gasteiger partial charge in [-0.2, -0.15) is 0 Å². The van der Waals surface area contributed by atoms with Gasteiger partial charge in [0.2, 0.25) is 6.79 Å². The van der Waals surface area contributed by atoms with E-state index in [9.17, 15) is 4.79 Å². The number of hydrogen-bond donors (Lipinski definition) is 0. The van der Waals surface area contributed by atoms with E-state index in [-0.39, 0.29) is 12.8 Å². The van der Waals surface area contributed by atoms with Crippen molar-refractivity contribution >= 4 is 5.97 Å². The van der Waals surface area contributed by atoms with Crippen molar-refractivity contribution in [2.75, 3.05) is 20.5 Å². The molecular weight excluding hydrogens is 248 g/mol. The molecule has 5 heteroatoms. The summed E-state index contributed by atoms with van der Waals surface area (Å²) in [5.41, 5.74) is 0.329. The van der Waals surface area contributed by atoms with Gasteiger partial charge in [-0.15, -0.1) is 0 Å². The zero-order valence-electron chi connectivity index (χ0n) is 11.4. The molecule has 2 rings (SSSR count). The second-order valence-electron chi connectivity index (χ2n) is 5.06. The second-order valence-corrected chi connectivity index (χ2v) is 5.06. The van der Waals surface area contributed by atoms with Gasteiger partial charge in [0.25, 0.3) is 0 Å². The van der Waals surface area contributed by atoms with Crippen LogP contribution in [-0.4, -0.2) is 26.5 Å². The zero-order chi connectivity index (χ0) is 13.9. The van der Waals surface area contributed by atoms with E-state index in [0.717, 1.165) is 17.1 Å². The number of rotatable bonds is 5. The predicted molar refractivity (Wildman–Crippen MR) is 68.0 cm³/mol. The maximum Gasteiger partial charge on any atom is 0.313 e. The van der Waals surface area contributed by atoms with E-state index in [1.807, 2.05) is 18.2 Å². The van der Waals surface area contributed by atoms with Crippen molar-refractivity contribution in [3.05, 3.63) is 23.8 Å². The lowest BCUT2D eigenvalue weighted by Gasteiger charge is -2.21. The molecule has 0 saturated carbocycles. The predicted octanol–water partition coefficient (Wildman–Crippen LogP) is 2.13. The van der Waals surface area contributed by atoms with Crippen LogP contribution in [0.4, 0.5) is 0 Å². The lowest BCUT2D eigenvalue weighted by molar-refractivity contribution is -0.154. The minimum atomic E-state index is -0.648. The number of esters is 1. The number of methoxy groups -OCH3 is 1. The summed E-state index contributed by atoms with van der Waals surface area (Å²) in [5, 5.41) is 0. The van der Waals surface area contributed by atoms with Crippen LogP contribution in [0, 0.1) is 5.41 Å². The Hall–Kier alpha value is -1.75. The topological polar surface area (TPSA) is 54.0 Å². The van der Waals surface area contributed by atoms with Crippen LogP contribution in [0.15, 0.2) is 18.2 Å². The Balaban J connectivity index is 1.88. The van der Waals surface area contributed by atoms with E-state index in [0.29, 0.717) is 13.2 Å². The Kier molecular flexibility index (Phi) is 3.95. The third kappa shape index (κ3) is 3.17. The van der Waals surface area contributed by atoms with E-state index >= 15 is 0 Å². The van der Waals surface area contributed by atoms with E-state index in [2.05, 4.69) is 0 Å². The van der Waals surface area contributed by atoms with Gasteiger partial charge in [0.15, 0.2) is 11.5 Å². The van der Waals surface area contributed by atoms with Crippen molar-refractivity contribution in [3.8, 4) is 11.5 Å². The first-order valence-electron chi connectivity index (χ1n) is 6.07. The molecule has 0 amide bonds. The minimum Gasteiger partial charge on any atom is -0.469 e. The number of carbonyl (C=O) groups excluding carboxylic acids is 1. The first kappa shape index (κ1) is 13.7. The highest BCUT2D eigenvalue weighted by Crippen LogP contribution is 2.32. The molecule has 104 valence electrons. The van der Waals surface area contributed by atoms with Crippen LogP contribution >= 0.6 is 0 Å². The Morgan fingerprint density at radius 3 is 2.79 bits per heavy atom. The molecule has 1 aliphatic rings. The molecule has 0 atom stereocenters. The molecule has 0 saturated heterocycles. The maximum atomic E-state index is 11.5. The van der Waals surface area contributed by atoms with Gasteiger partial charge >= 0.3 is 5.97 Å². The third-order valence-electron chi connectivity index (χ3n) is 2.91. The Labute approximate surface area is 112 Å². The summed E-state index contributed by atoms with van der Waals surface area (Å²) in [5.74, 6) is 1.20. The van der Waals surface area contributed by atoms with Crippen LogP contribution < -0.4 is 9.47 Å². The van der Waals surface area contributed by atoms with E-state index in [1.165, 1.54) is 7.11 Å². The highest BCUT2D eigenvalue weighted by atomic mass is 16.7. The molecule has 0 radical (unpaired) electrons. The Bertz CT molecular complexity index is 467. The Morgan fingerprint density at radius 1 is 1.32 bits per heavy atom. The largest absolute Gasteiger partial charge is 0.469 e. The quantitative estimate of drug-likeness (QED) is 0.764. The standard InChI is InChI=1S/C14H18O5/c1-14(2,13(15)16-3)8-17-7-10-4-5-11-12(6-10)19-9-18-11/h4-6H,7-9H2,1-3H3. The summed E-state index contributed by atoms with van der Waals surface area (Å²) in [6.45, 7) is 4.55. The van der Waals surface area contributed by atoms with Gasteiger partial charge in [-0.05, 0) is 31.5 Å². The molecule has 1 aliphatic heterocycles. The summed E-state index contributed by atoms with van der Waals surface area (Å²) >= 11 is 0. The molecule has 0 unspecified atom stereocenters. The average Bonchev–Trinajstić information content (AvgIpc) is 2.84. The van der Waals surface area contributed by atoms with Crippen molar-refractivity contribution in [1.82, 2.24) is 0 Å². The third-order valence-corrected chi connectivity index (χ3v) is 2.91. The number of ether oxygens (including phenoxy) is 4. The van der Waals surface area contributed by atoms with Crippen molar-refractivity contribution in [3.63, 3.8) is 0 Å². The monoisotopic (exact) mass is 266 g/mol. The van der Waals surface area contributed by atoms with Gasteiger partial charge in [-0.1, -0.05) is 6.07 Å². The number of hydrogen-bond acceptors (Lipinski definition) is 5. The molecule has 0 spiro atoms.